The molecule has 7 aromatic rings. The highest BCUT2D eigenvalue weighted by molar-refractivity contribution is 6.32. The molecule has 0 saturated carbocycles. The van der Waals surface area contributed by atoms with Crippen molar-refractivity contribution in [3.63, 3.8) is 0 Å². The highest BCUT2D eigenvalue weighted by Gasteiger charge is 2.53. The number of primary amides is 1. The summed E-state index contributed by atoms with van der Waals surface area (Å²) < 4.78 is 59.3. The Kier molecular flexibility index (Phi) is 36.8. The van der Waals surface area contributed by atoms with E-state index in [1.54, 1.807) is 32.9 Å². The van der Waals surface area contributed by atoms with Gasteiger partial charge in [-0.25, -0.2) is 4.79 Å². The molecule has 8 aliphatic rings. The minimum absolute atomic E-state index is 0.107. The van der Waals surface area contributed by atoms with Crippen molar-refractivity contribution in [1.29, 1.82) is 0 Å². The van der Waals surface area contributed by atoms with Crippen LogP contribution >= 0.6 is 34.8 Å². The molecule has 8 heterocycles. The Balaban J connectivity index is 0.976. The second-order valence-electron chi connectivity index (χ2n) is 37.3. The minimum Gasteiger partial charge on any atom is -0.508 e. The molecule has 7 aromatic carbocycles. The van der Waals surface area contributed by atoms with Crippen molar-refractivity contribution >= 4 is 87.8 Å². The maximum Gasteiger partial charge on any atom is 0.333 e. The molecule has 42 heteroatoms. The number of esters is 1. The molecule has 39 nitrogen and oxygen atoms in total. The van der Waals surface area contributed by atoms with Crippen molar-refractivity contribution in [2.75, 3.05) is 52.5 Å². The molecule has 3 saturated heterocycles. The Morgan fingerprint density at radius 2 is 1.26 bits per heavy atom. The summed E-state index contributed by atoms with van der Waals surface area (Å²) in [5, 5.41) is 141. The molecule has 11 bridgehead atoms. The summed E-state index contributed by atoms with van der Waals surface area (Å²) in [6.07, 6.45) is -23.4. The number of phenols is 3. The summed E-state index contributed by atoms with van der Waals surface area (Å²) >= 11 is 21.1. The third kappa shape index (κ3) is 26.5. The second kappa shape index (κ2) is 48.2. The molecule has 0 radical (unpaired) electrons. The lowest BCUT2D eigenvalue weighted by Crippen LogP contribution is -2.65. The molecule has 0 aromatic heterocycles. The SMILES string of the molecule is CCC(CC(C)O)C(=O)NC1C(=O)CC(CC(N)=O)C(=O)NC2C(=O)CC3C(=O)NC(C(=O)NC(C(=O)OCC(=O)NCCCNCCCCNCCCN)c4cc(O)cc(O)c4-c4cc3ccc4O)C(OC3CC(C)(N)C(O)C(C)O3)c3ccc(c(Cl)c3)Oc3cc2cc(c3OC2OC(CO)C(O)C(O)C2OC2CC(C)(NCc3ccc(-c4ccc(Cl)cc4)cc3)C(O)C(C)O2)Oc2ccc(cc2Cl)C1O. The molecular formula is C100H124Cl3N11O28. The third-order valence-electron chi connectivity index (χ3n) is 26.3. The average Bonchev–Trinajstić information content (AvgIpc) is 0.754. The van der Waals surface area contributed by atoms with Gasteiger partial charge >= 0.3 is 5.97 Å². The van der Waals surface area contributed by atoms with Crippen molar-refractivity contribution in [3.8, 4) is 68.2 Å². The fraction of sp³-hybridized carbons (Fsp3) is 0.490. The lowest BCUT2D eigenvalue weighted by Gasteiger charge is -2.48. The molecule has 8 aliphatic heterocycles. The molecular weight excluding hydrogens is 1910 g/mol. The van der Waals surface area contributed by atoms with Crippen molar-refractivity contribution < 1.29 is 137 Å². The smallest absolute Gasteiger partial charge is 0.333 e. The fourth-order valence-corrected chi connectivity index (χ4v) is 19.0. The number of amides is 6. The lowest BCUT2D eigenvalue weighted by atomic mass is 9.84. The number of benzene rings is 7. The normalized spacial score (nSPS) is 27.8. The zero-order valence-corrected chi connectivity index (χ0v) is 81.3. The third-order valence-corrected chi connectivity index (χ3v) is 27.2. The quantitative estimate of drug-likeness (QED) is 0.0168. The van der Waals surface area contributed by atoms with E-state index in [-0.39, 0.29) is 66.2 Å². The van der Waals surface area contributed by atoms with Crippen LogP contribution in [-0.2, 0) is 78.1 Å². The van der Waals surface area contributed by atoms with Gasteiger partial charge in [0.1, 0.15) is 77.4 Å². The summed E-state index contributed by atoms with van der Waals surface area (Å²) in [4.78, 5) is 138. The number of phenolic OH excluding ortho intramolecular Hbond substituents is 3. The van der Waals surface area contributed by atoms with Crippen LogP contribution in [0.3, 0.4) is 0 Å². The van der Waals surface area contributed by atoms with Crippen LogP contribution in [0.5, 0.6) is 46.0 Å². The summed E-state index contributed by atoms with van der Waals surface area (Å²) in [7, 11) is 0. The topological polar surface area (TPSA) is 613 Å². The van der Waals surface area contributed by atoms with Crippen molar-refractivity contribution in [2.24, 2.45) is 29.0 Å². The van der Waals surface area contributed by atoms with Gasteiger partial charge in [0.25, 0.3) is 5.91 Å². The summed E-state index contributed by atoms with van der Waals surface area (Å²) in [5.41, 5.74) is 15.7. The van der Waals surface area contributed by atoms with E-state index in [4.69, 9.17) is 94.6 Å². The van der Waals surface area contributed by atoms with Gasteiger partial charge in [-0.3, -0.25) is 38.4 Å². The minimum atomic E-state index is -2.29. The number of carbonyl (C=O) groups is 9. The molecule has 23 unspecified atom stereocenters. The van der Waals surface area contributed by atoms with Crippen LogP contribution in [0.25, 0.3) is 22.3 Å². The number of ether oxygens (including phenoxy) is 9. The molecule has 3 fully saturated rings. The van der Waals surface area contributed by atoms with Gasteiger partial charge in [-0.05, 0) is 212 Å². The predicted octanol–water partition coefficient (Wildman–Crippen LogP) is 5.91. The molecule has 0 spiro atoms. The standard InChI is InChI=1S/C100H124Cl3N11O28/c1-7-52(32-48(2)116)93(129)113-83-69(120)36-59(39-76(105)122)94(130)111-81-58-37-73(137-71-24-19-56(85(83)124)34-65(71)102)89(142-98-90(87(126)86(125)75(46-115)139-98)141-79-44-100(6,92(128)50(4)136-79)110-45-51-12-14-53(15-13-51)54-16-21-60(101)22-17-54)74(38-58)138-72-25-20-57(35-66(72)103)88(140-78-43-99(5,106)91(127)49(3)135-78)84-96(132)112-82(97(133)134-47-77(123)109-31-11-30-108-28-9-8-27-107-29-10-26-104)64-40-61(117)41-68(119)80(64)63-33-55(18-23-67(63)118)62(42-70(81)121)95(131)114-84/h12-25,33-35,37-38,40-41,48-50,52,59,62,75,78-79,81-88,90-92,98,107-108,110,115-119,124-128H,7-11,26-32,36,39,42-47,104,106H2,1-6H3,(H2,105,122)(H,109,123)(H,111,130)(H,112,132)(H,113,129)(H,114,131). The van der Waals surface area contributed by atoms with Crippen molar-refractivity contribution in [1.82, 2.24) is 42.5 Å². The second-order valence-corrected chi connectivity index (χ2v) is 38.6. The van der Waals surface area contributed by atoms with E-state index in [1.807, 2.05) is 36.4 Å². The zero-order valence-electron chi connectivity index (χ0n) is 79.1. The van der Waals surface area contributed by atoms with E-state index in [0.29, 0.717) is 31.1 Å². The number of carbonyl (C=O) groups excluding carboxylic acids is 9. The molecule has 24 N–H and O–H groups in total. The number of aliphatic hydroxyl groups is 7. The zero-order chi connectivity index (χ0) is 102. The fourth-order valence-electron chi connectivity index (χ4n) is 18.4. The monoisotopic (exact) mass is 2030 g/mol. The highest BCUT2D eigenvalue weighted by atomic mass is 35.5. The predicted molar refractivity (Wildman–Crippen MR) is 515 cm³/mol. The number of rotatable bonds is 33. The van der Waals surface area contributed by atoms with E-state index < -0.39 is 292 Å². The van der Waals surface area contributed by atoms with E-state index in [9.17, 15) is 65.4 Å². The Morgan fingerprint density at radius 1 is 0.641 bits per heavy atom. The van der Waals surface area contributed by atoms with E-state index in [2.05, 4.69) is 42.5 Å². The Labute approximate surface area is 834 Å². The average molecular weight is 2030 g/mol. The van der Waals surface area contributed by atoms with Gasteiger partial charge in [-0.1, -0.05) is 96.3 Å². The van der Waals surface area contributed by atoms with Crippen LogP contribution in [0.2, 0.25) is 15.1 Å². The van der Waals surface area contributed by atoms with Gasteiger partial charge in [0.2, 0.25) is 41.6 Å². The number of hydrogen-bond acceptors (Lipinski definition) is 33. The first kappa shape index (κ1) is 108. The summed E-state index contributed by atoms with van der Waals surface area (Å²) in [5.74, 6) is -20.5. The first-order chi connectivity index (χ1) is 67.6. The number of halogens is 3. The number of hydrogen-bond donors (Lipinski definition) is 21. The lowest BCUT2D eigenvalue weighted by molar-refractivity contribution is -0.334. The first-order valence-electron chi connectivity index (χ1n) is 47.3. The number of ketones is 2. The van der Waals surface area contributed by atoms with Crippen LogP contribution < -0.4 is 73.9 Å². The number of Topliss-reactive ketones (excluding diaryl/α,β-unsaturated/α-hetero) is 2. The van der Waals surface area contributed by atoms with Crippen LogP contribution in [0.1, 0.15) is 176 Å². The molecule has 15 rings (SSSR count). The van der Waals surface area contributed by atoms with E-state index in [1.165, 1.54) is 57.2 Å². The molecule has 23 atom stereocenters. The number of aromatic hydroxyl groups is 3. The number of fused-ring (bicyclic) bond motifs is 15. The maximum atomic E-state index is 16.9. The van der Waals surface area contributed by atoms with E-state index in [0.717, 1.165) is 91.5 Å². The van der Waals surface area contributed by atoms with Gasteiger partial charge in [-0.15, -0.1) is 0 Å². The van der Waals surface area contributed by atoms with Crippen LogP contribution in [0, 0.1) is 11.8 Å². The molecule has 6 amide bonds. The van der Waals surface area contributed by atoms with Crippen molar-refractivity contribution in [3.05, 3.63) is 176 Å². The van der Waals surface area contributed by atoms with Gasteiger partial charge < -0.3 is 153 Å². The van der Waals surface area contributed by atoms with Gasteiger partial charge in [0.15, 0.2) is 54.4 Å². The van der Waals surface area contributed by atoms with Crippen LogP contribution in [-0.4, -0.2) is 253 Å². The Hall–Kier alpha value is -10.8. The summed E-state index contributed by atoms with van der Waals surface area (Å²) in [6, 6.07) is 20.7. The molecule has 768 valence electrons. The number of nitrogens with one attached hydrogen (secondary N) is 8. The van der Waals surface area contributed by atoms with Crippen LogP contribution in [0.4, 0.5) is 0 Å². The Bertz CT molecular complexity index is 5680. The first-order valence-corrected chi connectivity index (χ1v) is 48.4. The van der Waals surface area contributed by atoms with Gasteiger partial charge in [-0.2, -0.15) is 0 Å². The summed E-state index contributed by atoms with van der Waals surface area (Å²) in [6.45, 7) is 11.0. The van der Waals surface area contributed by atoms with Gasteiger partial charge in [0.05, 0.1) is 59.0 Å². The Morgan fingerprint density at radius 3 is 1.89 bits per heavy atom. The number of nitrogens with two attached hydrogens (primary N) is 3. The van der Waals surface area contributed by atoms with Crippen LogP contribution in [0.15, 0.2) is 127 Å². The highest BCUT2D eigenvalue weighted by Crippen LogP contribution is 2.52. The number of aliphatic hydroxyl groups excluding tert-OH is 7. The van der Waals surface area contributed by atoms with Gasteiger partial charge in [0, 0.05) is 90.0 Å². The largest absolute Gasteiger partial charge is 0.508 e. The number of unbranched alkanes of at least 4 members (excludes halogenated alkanes) is 1. The van der Waals surface area contributed by atoms with Crippen molar-refractivity contribution in [2.45, 2.75) is 246 Å². The maximum absolute atomic E-state index is 16.9. The van der Waals surface area contributed by atoms with E-state index >= 15 is 28.8 Å². The molecule has 0 aliphatic carbocycles. The molecule has 142 heavy (non-hydrogen) atoms.